The summed E-state index contributed by atoms with van der Waals surface area (Å²) in [6.07, 6.45) is 3.01. The zero-order chi connectivity index (χ0) is 9.84. The zero-order valence-electron chi connectivity index (χ0n) is 9.42. The Morgan fingerprint density at radius 1 is 1.38 bits per heavy atom. The third-order valence-electron chi connectivity index (χ3n) is 2.75. The third-order valence-corrected chi connectivity index (χ3v) is 2.75. The average molecular weight is 185 g/mol. The van der Waals surface area contributed by atoms with Crippen LogP contribution in [0.15, 0.2) is 0 Å². The van der Waals surface area contributed by atoms with Crippen molar-refractivity contribution in [3.63, 3.8) is 0 Å². The fraction of sp³-hybridized carbons (Fsp3) is 1.00. The van der Waals surface area contributed by atoms with E-state index in [1.807, 2.05) is 0 Å². The molecule has 0 atom stereocenters. The second-order valence-electron chi connectivity index (χ2n) is 4.54. The maximum atomic E-state index is 5.54. The van der Waals surface area contributed by atoms with Crippen LogP contribution in [0.3, 0.4) is 0 Å². The molecule has 0 heterocycles. The van der Waals surface area contributed by atoms with Crippen molar-refractivity contribution in [2.45, 2.75) is 45.8 Å². The fourth-order valence-corrected chi connectivity index (χ4v) is 1.99. The molecule has 1 aliphatic carbocycles. The van der Waals surface area contributed by atoms with Crippen molar-refractivity contribution in [2.24, 2.45) is 5.92 Å². The first-order valence-electron chi connectivity index (χ1n) is 5.45. The van der Waals surface area contributed by atoms with Crippen molar-refractivity contribution in [1.29, 1.82) is 0 Å². The molecule has 0 bridgehead atoms. The van der Waals surface area contributed by atoms with Gasteiger partial charge in [-0.15, -0.1) is 0 Å². The van der Waals surface area contributed by atoms with Crippen molar-refractivity contribution in [2.75, 3.05) is 20.2 Å². The minimum Gasteiger partial charge on any atom is -0.378 e. The Morgan fingerprint density at radius 3 is 2.46 bits per heavy atom. The van der Waals surface area contributed by atoms with Gasteiger partial charge in [-0.2, -0.15) is 0 Å². The molecule has 0 radical (unpaired) electrons. The van der Waals surface area contributed by atoms with Crippen LogP contribution in [0, 0.1) is 5.92 Å². The molecule has 0 aromatic rings. The minimum atomic E-state index is 0.546. The van der Waals surface area contributed by atoms with Crippen LogP contribution in [-0.4, -0.2) is 37.2 Å². The lowest BCUT2D eigenvalue weighted by atomic mass is 9.87. The van der Waals surface area contributed by atoms with Crippen LogP contribution in [-0.2, 0) is 4.74 Å². The Balaban J connectivity index is 2.11. The number of nitrogens with zero attached hydrogens (tertiary/aromatic N) is 1. The van der Waals surface area contributed by atoms with E-state index in [9.17, 15) is 0 Å². The molecule has 1 aliphatic rings. The Bertz CT molecular complexity index is 141. The van der Waals surface area contributed by atoms with E-state index in [0.29, 0.717) is 6.10 Å². The van der Waals surface area contributed by atoms with E-state index in [1.165, 1.54) is 19.4 Å². The number of rotatable bonds is 5. The van der Waals surface area contributed by atoms with Gasteiger partial charge in [0.25, 0.3) is 0 Å². The molecule has 13 heavy (non-hydrogen) atoms. The van der Waals surface area contributed by atoms with Crippen molar-refractivity contribution >= 4 is 0 Å². The number of ether oxygens (including phenoxy) is 1. The van der Waals surface area contributed by atoms with Crippen LogP contribution < -0.4 is 0 Å². The molecule has 0 unspecified atom stereocenters. The topological polar surface area (TPSA) is 12.5 Å². The molecule has 0 aliphatic heterocycles. The molecule has 2 heteroatoms. The standard InChI is InChI=1S/C11H23NO/c1-5-13-11-6-10(7-11)12(4)8-9(2)3/h9-11H,5-8H2,1-4H3. The van der Waals surface area contributed by atoms with Gasteiger partial charge in [-0.3, -0.25) is 0 Å². The van der Waals surface area contributed by atoms with Gasteiger partial charge in [0.1, 0.15) is 0 Å². The molecule has 0 spiro atoms. The van der Waals surface area contributed by atoms with E-state index >= 15 is 0 Å². The summed E-state index contributed by atoms with van der Waals surface area (Å²) in [5, 5.41) is 0. The maximum Gasteiger partial charge on any atom is 0.0604 e. The lowest BCUT2D eigenvalue weighted by molar-refractivity contribution is -0.0421. The largest absolute Gasteiger partial charge is 0.378 e. The monoisotopic (exact) mass is 185 g/mol. The van der Waals surface area contributed by atoms with Crippen molar-refractivity contribution < 1.29 is 4.74 Å². The first-order valence-corrected chi connectivity index (χ1v) is 5.45. The summed E-state index contributed by atoms with van der Waals surface area (Å²) >= 11 is 0. The Morgan fingerprint density at radius 2 is 2.00 bits per heavy atom. The average Bonchev–Trinajstić information content (AvgIpc) is 1.93. The number of hydrogen-bond donors (Lipinski definition) is 0. The van der Waals surface area contributed by atoms with Crippen LogP contribution in [0.2, 0.25) is 0 Å². The molecule has 0 amide bonds. The van der Waals surface area contributed by atoms with Crippen LogP contribution >= 0.6 is 0 Å². The molecule has 0 aromatic heterocycles. The van der Waals surface area contributed by atoms with Gasteiger partial charge < -0.3 is 9.64 Å². The molecule has 0 aromatic carbocycles. The maximum absolute atomic E-state index is 5.54. The zero-order valence-corrected chi connectivity index (χ0v) is 9.42. The van der Waals surface area contributed by atoms with E-state index in [0.717, 1.165) is 18.6 Å². The van der Waals surface area contributed by atoms with Gasteiger partial charge in [0, 0.05) is 19.2 Å². The molecule has 1 saturated carbocycles. The predicted molar refractivity (Wildman–Crippen MR) is 55.9 cm³/mol. The van der Waals surface area contributed by atoms with Crippen LogP contribution in [0.4, 0.5) is 0 Å². The van der Waals surface area contributed by atoms with Gasteiger partial charge in [0.2, 0.25) is 0 Å². The molecule has 0 saturated heterocycles. The molecule has 0 N–H and O–H groups in total. The lowest BCUT2D eigenvalue weighted by Crippen LogP contribution is -2.47. The summed E-state index contributed by atoms with van der Waals surface area (Å²) in [6, 6.07) is 0.777. The van der Waals surface area contributed by atoms with E-state index in [1.54, 1.807) is 0 Å². The van der Waals surface area contributed by atoms with Crippen LogP contribution in [0.5, 0.6) is 0 Å². The van der Waals surface area contributed by atoms with Crippen molar-refractivity contribution in [3.8, 4) is 0 Å². The first-order chi connectivity index (χ1) is 6.13. The highest BCUT2D eigenvalue weighted by molar-refractivity contribution is 4.87. The lowest BCUT2D eigenvalue weighted by Gasteiger charge is -2.41. The summed E-state index contributed by atoms with van der Waals surface area (Å²) in [4.78, 5) is 2.47. The highest BCUT2D eigenvalue weighted by atomic mass is 16.5. The van der Waals surface area contributed by atoms with Crippen LogP contribution in [0.1, 0.15) is 33.6 Å². The van der Waals surface area contributed by atoms with Crippen molar-refractivity contribution in [1.82, 2.24) is 4.90 Å². The van der Waals surface area contributed by atoms with Crippen molar-refractivity contribution in [3.05, 3.63) is 0 Å². The quantitative estimate of drug-likeness (QED) is 0.650. The number of hydrogen-bond acceptors (Lipinski definition) is 2. The fourth-order valence-electron chi connectivity index (χ4n) is 1.99. The van der Waals surface area contributed by atoms with E-state index in [2.05, 4.69) is 32.7 Å². The SMILES string of the molecule is CCOC1CC(N(C)CC(C)C)C1. The third kappa shape index (κ3) is 3.28. The van der Waals surface area contributed by atoms with Gasteiger partial charge in [-0.1, -0.05) is 13.8 Å². The van der Waals surface area contributed by atoms with E-state index in [4.69, 9.17) is 4.74 Å². The molecule has 1 rings (SSSR count). The van der Waals surface area contributed by atoms with Gasteiger partial charge >= 0.3 is 0 Å². The van der Waals surface area contributed by atoms with Gasteiger partial charge in [0.05, 0.1) is 6.10 Å². The summed E-state index contributed by atoms with van der Waals surface area (Å²) in [7, 11) is 2.23. The normalized spacial score (nSPS) is 28.2. The Labute approximate surface area is 82.3 Å². The molecule has 2 nitrogen and oxygen atoms in total. The van der Waals surface area contributed by atoms with Gasteiger partial charge in [-0.05, 0) is 32.7 Å². The van der Waals surface area contributed by atoms with E-state index in [-0.39, 0.29) is 0 Å². The second kappa shape index (κ2) is 4.97. The second-order valence-corrected chi connectivity index (χ2v) is 4.54. The smallest absolute Gasteiger partial charge is 0.0604 e. The highest BCUT2D eigenvalue weighted by Crippen LogP contribution is 2.27. The van der Waals surface area contributed by atoms with Gasteiger partial charge in [0.15, 0.2) is 0 Å². The van der Waals surface area contributed by atoms with E-state index < -0.39 is 0 Å². The predicted octanol–water partition coefficient (Wildman–Crippen LogP) is 2.14. The Hall–Kier alpha value is -0.0800. The Kier molecular flexibility index (Phi) is 4.20. The highest BCUT2D eigenvalue weighted by Gasteiger charge is 2.32. The summed E-state index contributed by atoms with van der Waals surface area (Å²) in [5.41, 5.74) is 0. The molecule has 78 valence electrons. The summed E-state index contributed by atoms with van der Waals surface area (Å²) < 4.78 is 5.54. The molecule has 1 fully saturated rings. The first kappa shape index (κ1) is 11.0. The molecular formula is C11H23NO. The van der Waals surface area contributed by atoms with Crippen LogP contribution in [0.25, 0.3) is 0 Å². The summed E-state index contributed by atoms with van der Waals surface area (Å²) in [6.45, 7) is 8.70. The molecular weight excluding hydrogens is 162 g/mol. The summed E-state index contributed by atoms with van der Waals surface area (Å²) in [5.74, 6) is 0.774. The van der Waals surface area contributed by atoms with Gasteiger partial charge in [-0.25, -0.2) is 0 Å². The minimum absolute atomic E-state index is 0.546.